The predicted octanol–water partition coefficient (Wildman–Crippen LogP) is 2.37. The number of hydrogen-bond donors (Lipinski definition) is 0. The maximum Gasteiger partial charge on any atom is 0.0923 e. The second kappa shape index (κ2) is 2.96. The minimum Gasteiger partial charge on any atom is -0.373 e. The highest BCUT2D eigenvalue weighted by Crippen LogP contribution is 2.52. The van der Waals surface area contributed by atoms with Gasteiger partial charge in [0.05, 0.1) is 24.4 Å². The molecule has 0 aromatic heterocycles. The molecule has 1 aliphatic carbocycles. The van der Waals surface area contributed by atoms with E-state index in [1.54, 1.807) is 0 Å². The maximum atomic E-state index is 5.76. The molecule has 2 nitrogen and oxygen atoms in total. The molecule has 14 heavy (non-hydrogen) atoms. The minimum atomic E-state index is 0.265. The quantitative estimate of drug-likeness (QED) is 0.647. The molecule has 0 aromatic rings. The molecule has 3 rings (SSSR count). The lowest BCUT2D eigenvalue weighted by Gasteiger charge is -2.29. The van der Waals surface area contributed by atoms with E-state index < -0.39 is 0 Å². The van der Waals surface area contributed by atoms with E-state index in [0.717, 1.165) is 18.4 Å². The Labute approximate surface area is 86.0 Å². The summed E-state index contributed by atoms with van der Waals surface area (Å²) >= 11 is 0. The van der Waals surface area contributed by atoms with Crippen LogP contribution in [0.4, 0.5) is 0 Å². The fourth-order valence-electron chi connectivity index (χ4n) is 3.04. The summed E-state index contributed by atoms with van der Waals surface area (Å²) in [5, 5.41) is 0. The largest absolute Gasteiger partial charge is 0.373 e. The van der Waals surface area contributed by atoms with Crippen LogP contribution in [0, 0.1) is 11.8 Å². The monoisotopic (exact) mass is 196 g/mol. The average Bonchev–Trinajstić information content (AvgIpc) is 2.97. The van der Waals surface area contributed by atoms with Crippen LogP contribution in [-0.2, 0) is 9.47 Å². The average molecular weight is 196 g/mol. The van der Waals surface area contributed by atoms with Crippen LogP contribution in [0.15, 0.2) is 0 Å². The van der Waals surface area contributed by atoms with Crippen molar-refractivity contribution in [3.05, 3.63) is 0 Å². The van der Waals surface area contributed by atoms with Crippen LogP contribution in [-0.4, -0.2) is 24.4 Å². The van der Waals surface area contributed by atoms with Gasteiger partial charge < -0.3 is 9.47 Å². The first-order valence-electron chi connectivity index (χ1n) is 5.97. The van der Waals surface area contributed by atoms with E-state index >= 15 is 0 Å². The fraction of sp³-hybridized carbons (Fsp3) is 1.00. The summed E-state index contributed by atoms with van der Waals surface area (Å²) in [6.45, 7) is 5.68. The molecule has 5 unspecified atom stereocenters. The minimum absolute atomic E-state index is 0.265. The maximum absolute atomic E-state index is 5.76. The first kappa shape index (κ1) is 9.17. The fourth-order valence-corrected chi connectivity index (χ4v) is 3.04. The summed E-state index contributed by atoms with van der Waals surface area (Å²) in [5.74, 6) is 1.73. The lowest BCUT2D eigenvalue weighted by molar-refractivity contribution is 0.214. The Bertz CT molecular complexity index is 236. The van der Waals surface area contributed by atoms with Gasteiger partial charge in [0.2, 0.25) is 0 Å². The van der Waals surface area contributed by atoms with Gasteiger partial charge >= 0.3 is 0 Å². The number of fused-ring (bicyclic) bond motifs is 1. The highest BCUT2D eigenvalue weighted by atomic mass is 16.6. The zero-order valence-electron chi connectivity index (χ0n) is 9.16. The van der Waals surface area contributed by atoms with E-state index in [2.05, 4.69) is 13.8 Å². The van der Waals surface area contributed by atoms with Crippen LogP contribution in [0.3, 0.4) is 0 Å². The topological polar surface area (TPSA) is 25.1 Å². The summed E-state index contributed by atoms with van der Waals surface area (Å²) in [7, 11) is 0. The Balaban J connectivity index is 1.54. The zero-order valence-corrected chi connectivity index (χ0v) is 9.16. The van der Waals surface area contributed by atoms with E-state index in [1.807, 2.05) is 0 Å². The lowest BCUT2D eigenvalue weighted by Crippen LogP contribution is -2.28. The standard InChI is InChI=1S/C12H20O2/c1-8-5-11-12(2,14-11)6-9(8)3-4-10-7-13-10/h8-11H,3-7H2,1-2H3. The molecule has 3 fully saturated rings. The van der Waals surface area contributed by atoms with Gasteiger partial charge in [-0.1, -0.05) is 6.92 Å². The Morgan fingerprint density at radius 3 is 2.86 bits per heavy atom. The number of ether oxygens (including phenoxy) is 2. The summed E-state index contributed by atoms with van der Waals surface area (Å²) < 4.78 is 11.0. The third-order valence-corrected chi connectivity index (χ3v) is 4.36. The summed E-state index contributed by atoms with van der Waals surface area (Å²) in [4.78, 5) is 0. The van der Waals surface area contributed by atoms with E-state index in [-0.39, 0.29) is 5.60 Å². The molecule has 1 saturated carbocycles. The number of hydrogen-bond acceptors (Lipinski definition) is 2. The van der Waals surface area contributed by atoms with Crippen LogP contribution in [0.25, 0.3) is 0 Å². The van der Waals surface area contributed by atoms with Gasteiger partial charge in [-0.2, -0.15) is 0 Å². The van der Waals surface area contributed by atoms with Gasteiger partial charge in [-0.25, -0.2) is 0 Å². The van der Waals surface area contributed by atoms with Crippen LogP contribution in [0.2, 0.25) is 0 Å². The summed E-state index contributed by atoms with van der Waals surface area (Å²) in [6.07, 6.45) is 6.38. The molecule has 0 radical (unpaired) electrons. The van der Waals surface area contributed by atoms with Gasteiger partial charge in [0.25, 0.3) is 0 Å². The molecule has 3 aliphatic rings. The molecule has 2 heterocycles. The molecule has 2 saturated heterocycles. The lowest BCUT2D eigenvalue weighted by atomic mass is 9.73. The second-order valence-corrected chi connectivity index (χ2v) is 5.63. The highest BCUT2D eigenvalue weighted by Gasteiger charge is 2.57. The first-order chi connectivity index (χ1) is 6.67. The SMILES string of the molecule is CC1CC2OC2(C)CC1CCC1CO1. The summed E-state index contributed by atoms with van der Waals surface area (Å²) in [6, 6.07) is 0. The number of rotatable bonds is 3. The molecular weight excluding hydrogens is 176 g/mol. The van der Waals surface area contributed by atoms with Gasteiger partial charge in [0.1, 0.15) is 0 Å². The zero-order chi connectivity index (χ0) is 9.76. The van der Waals surface area contributed by atoms with Crippen molar-refractivity contribution >= 4 is 0 Å². The molecule has 5 atom stereocenters. The van der Waals surface area contributed by atoms with Gasteiger partial charge in [-0.05, 0) is 44.4 Å². The highest BCUT2D eigenvalue weighted by molar-refractivity contribution is 5.05. The molecule has 0 spiro atoms. The molecule has 0 N–H and O–H groups in total. The molecule has 0 bridgehead atoms. The molecule has 2 aliphatic heterocycles. The Morgan fingerprint density at radius 2 is 2.14 bits per heavy atom. The van der Waals surface area contributed by atoms with Gasteiger partial charge in [-0.15, -0.1) is 0 Å². The van der Waals surface area contributed by atoms with Gasteiger partial charge in [0.15, 0.2) is 0 Å². The van der Waals surface area contributed by atoms with Crippen molar-refractivity contribution in [2.45, 2.75) is 57.3 Å². The second-order valence-electron chi connectivity index (χ2n) is 5.63. The molecule has 80 valence electrons. The van der Waals surface area contributed by atoms with Crippen LogP contribution in [0.1, 0.15) is 39.5 Å². The third-order valence-electron chi connectivity index (χ3n) is 4.36. The molecule has 0 amide bonds. The van der Waals surface area contributed by atoms with Gasteiger partial charge in [0, 0.05) is 0 Å². The molecular formula is C12H20O2. The van der Waals surface area contributed by atoms with E-state index in [0.29, 0.717) is 12.2 Å². The van der Waals surface area contributed by atoms with Crippen LogP contribution in [0.5, 0.6) is 0 Å². The first-order valence-corrected chi connectivity index (χ1v) is 5.97. The smallest absolute Gasteiger partial charge is 0.0923 e. The van der Waals surface area contributed by atoms with E-state index in [4.69, 9.17) is 9.47 Å². The van der Waals surface area contributed by atoms with Crippen molar-refractivity contribution in [2.24, 2.45) is 11.8 Å². The Hall–Kier alpha value is -0.0800. The van der Waals surface area contributed by atoms with Crippen LogP contribution >= 0.6 is 0 Å². The van der Waals surface area contributed by atoms with Crippen molar-refractivity contribution in [2.75, 3.05) is 6.61 Å². The third kappa shape index (κ3) is 1.59. The van der Waals surface area contributed by atoms with Crippen molar-refractivity contribution < 1.29 is 9.47 Å². The van der Waals surface area contributed by atoms with Gasteiger partial charge in [-0.3, -0.25) is 0 Å². The Kier molecular flexibility index (Phi) is 1.94. The number of epoxide rings is 2. The van der Waals surface area contributed by atoms with Crippen molar-refractivity contribution in [1.82, 2.24) is 0 Å². The molecule has 0 aromatic carbocycles. The van der Waals surface area contributed by atoms with Crippen molar-refractivity contribution in [1.29, 1.82) is 0 Å². The predicted molar refractivity (Wildman–Crippen MR) is 54.1 cm³/mol. The Morgan fingerprint density at radius 1 is 1.36 bits per heavy atom. The van der Waals surface area contributed by atoms with Crippen LogP contribution < -0.4 is 0 Å². The van der Waals surface area contributed by atoms with E-state index in [9.17, 15) is 0 Å². The summed E-state index contributed by atoms with van der Waals surface area (Å²) in [5.41, 5.74) is 0.265. The molecule has 2 heteroatoms. The van der Waals surface area contributed by atoms with Crippen molar-refractivity contribution in [3.63, 3.8) is 0 Å². The normalized spacial score (nSPS) is 55.3. The van der Waals surface area contributed by atoms with E-state index in [1.165, 1.54) is 25.7 Å². The van der Waals surface area contributed by atoms with Crippen molar-refractivity contribution in [3.8, 4) is 0 Å².